The second-order valence-electron chi connectivity index (χ2n) is 6.74. The molecule has 1 aliphatic carbocycles. The predicted molar refractivity (Wildman–Crippen MR) is 71.5 cm³/mol. The molecule has 0 radical (unpaired) electrons. The molecule has 1 saturated carbocycles. The lowest BCUT2D eigenvalue weighted by molar-refractivity contribution is 0.346. The molecule has 17 heavy (non-hydrogen) atoms. The summed E-state index contributed by atoms with van der Waals surface area (Å²) in [6, 6.07) is 0.519. The summed E-state index contributed by atoms with van der Waals surface area (Å²) in [5.41, 5.74) is -0.00755. The summed E-state index contributed by atoms with van der Waals surface area (Å²) < 4.78 is 25.1. The van der Waals surface area contributed by atoms with Crippen LogP contribution in [0.3, 0.4) is 0 Å². The highest BCUT2D eigenvalue weighted by Gasteiger charge is 2.32. The van der Waals surface area contributed by atoms with Gasteiger partial charge in [0.15, 0.2) is 0 Å². The third-order valence-corrected chi connectivity index (χ3v) is 4.19. The first-order chi connectivity index (χ1) is 7.49. The van der Waals surface area contributed by atoms with Crippen molar-refractivity contribution in [1.29, 1.82) is 0 Å². The molecule has 2 N–H and O–H groups in total. The van der Waals surface area contributed by atoms with Gasteiger partial charge in [-0.15, -0.1) is 0 Å². The number of hydrogen-bond acceptors (Lipinski definition) is 3. The van der Waals surface area contributed by atoms with Crippen LogP contribution < -0.4 is 10.0 Å². The largest absolute Gasteiger partial charge is 0.312 e. The maximum absolute atomic E-state index is 11.2. The highest BCUT2D eigenvalue weighted by atomic mass is 32.2. The summed E-state index contributed by atoms with van der Waals surface area (Å²) in [7, 11) is -3.14. The Morgan fingerprint density at radius 3 is 2.35 bits per heavy atom. The topological polar surface area (TPSA) is 58.2 Å². The molecule has 0 aliphatic heterocycles. The molecule has 1 rings (SSSR count). The fraction of sp³-hybridized carbons (Fsp3) is 1.00. The van der Waals surface area contributed by atoms with Crippen LogP contribution in [0.15, 0.2) is 0 Å². The molecule has 0 aromatic heterocycles. The number of sulfonamides is 1. The Balaban J connectivity index is 2.40. The van der Waals surface area contributed by atoms with Crippen LogP contribution in [0.2, 0.25) is 0 Å². The van der Waals surface area contributed by atoms with Crippen molar-refractivity contribution in [3.63, 3.8) is 0 Å². The van der Waals surface area contributed by atoms with Crippen molar-refractivity contribution in [3.05, 3.63) is 0 Å². The molecule has 102 valence electrons. The Hall–Kier alpha value is -0.130. The van der Waals surface area contributed by atoms with Crippen molar-refractivity contribution >= 4 is 10.0 Å². The fourth-order valence-corrected chi connectivity index (χ4v) is 3.62. The molecule has 0 spiro atoms. The minimum absolute atomic E-state index is 0.423. The molecular weight excluding hydrogens is 236 g/mol. The minimum Gasteiger partial charge on any atom is -0.312 e. The lowest BCUT2D eigenvalue weighted by Gasteiger charge is -2.28. The quantitative estimate of drug-likeness (QED) is 0.789. The fourth-order valence-electron chi connectivity index (χ4n) is 2.55. The van der Waals surface area contributed by atoms with Crippen LogP contribution >= 0.6 is 0 Å². The number of rotatable bonds is 5. The van der Waals surface area contributed by atoms with Crippen molar-refractivity contribution in [3.8, 4) is 0 Å². The van der Waals surface area contributed by atoms with Gasteiger partial charge in [0.1, 0.15) is 0 Å². The van der Waals surface area contributed by atoms with Crippen LogP contribution in [0.4, 0.5) is 0 Å². The zero-order chi connectivity index (χ0) is 13.3. The average Bonchev–Trinajstić information content (AvgIpc) is 2.38. The van der Waals surface area contributed by atoms with E-state index in [1.54, 1.807) is 0 Å². The Bertz CT molecular complexity index is 361. The minimum atomic E-state index is -3.14. The van der Waals surface area contributed by atoms with Gasteiger partial charge in [0, 0.05) is 18.1 Å². The summed E-state index contributed by atoms with van der Waals surface area (Å²) in [4.78, 5) is 0. The van der Waals surface area contributed by atoms with E-state index in [1.807, 2.05) is 13.8 Å². The van der Waals surface area contributed by atoms with Crippen LogP contribution in [0.5, 0.6) is 0 Å². The Kier molecular flexibility index (Phi) is 4.27. The molecule has 0 aromatic rings. The van der Waals surface area contributed by atoms with E-state index in [9.17, 15) is 8.42 Å². The van der Waals surface area contributed by atoms with Gasteiger partial charge in [0.25, 0.3) is 0 Å². The van der Waals surface area contributed by atoms with Gasteiger partial charge in [0.2, 0.25) is 10.0 Å². The normalized spacial score (nSPS) is 25.1. The standard InChI is InChI=1S/C12H26N2O2S/c1-11(2)7-6-10(8-11)13-9-12(3,4)14-17(5,15)16/h10,13-14H,6-9H2,1-5H3. The predicted octanol–water partition coefficient (Wildman–Crippen LogP) is 1.48. The van der Waals surface area contributed by atoms with Gasteiger partial charge in [-0.1, -0.05) is 13.8 Å². The molecule has 0 aromatic carbocycles. The molecule has 1 aliphatic rings. The average molecular weight is 262 g/mol. The van der Waals surface area contributed by atoms with Gasteiger partial charge in [-0.25, -0.2) is 13.1 Å². The smallest absolute Gasteiger partial charge is 0.209 e. The van der Waals surface area contributed by atoms with Gasteiger partial charge in [-0.05, 0) is 38.5 Å². The van der Waals surface area contributed by atoms with Crippen molar-refractivity contribution in [2.75, 3.05) is 12.8 Å². The Labute approximate surface area is 106 Å². The first kappa shape index (κ1) is 14.9. The van der Waals surface area contributed by atoms with Gasteiger partial charge in [-0.3, -0.25) is 0 Å². The van der Waals surface area contributed by atoms with Crippen LogP contribution in [-0.2, 0) is 10.0 Å². The van der Waals surface area contributed by atoms with Crippen molar-refractivity contribution < 1.29 is 8.42 Å². The summed E-state index contributed by atoms with van der Waals surface area (Å²) >= 11 is 0. The van der Waals surface area contributed by atoms with E-state index < -0.39 is 15.6 Å². The molecule has 1 fully saturated rings. The van der Waals surface area contributed by atoms with Crippen LogP contribution in [0, 0.1) is 5.41 Å². The second kappa shape index (κ2) is 4.86. The van der Waals surface area contributed by atoms with Crippen LogP contribution in [0.1, 0.15) is 47.0 Å². The van der Waals surface area contributed by atoms with Crippen LogP contribution in [-0.4, -0.2) is 32.8 Å². The van der Waals surface area contributed by atoms with Crippen molar-refractivity contribution in [2.45, 2.75) is 58.5 Å². The monoisotopic (exact) mass is 262 g/mol. The first-order valence-electron chi connectivity index (χ1n) is 6.22. The molecule has 5 heteroatoms. The zero-order valence-corrected chi connectivity index (χ0v) is 12.4. The van der Waals surface area contributed by atoms with E-state index in [-0.39, 0.29) is 0 Å². The van der Waals surface area contributed by atoms with Crippen molar-refractivity contribution in [1.82, 2.24) is 10.0 Å². The molecule has 0 saturated heterocycles. The molecule has 0 bridgehead atoms. The SMILES string of the molecule is CC1(C)CCC(NCC(C)(C)NS(C)(=O)=O)C1. The molecule has 1 atom stereocenters. The van der Waals surface area contributed by atoms with Gasteiger partial charge in [0.05, 0.1) is 6.26 Å². The summed E-state index contributed by atoms with van der Waals surface area (Å²) in [5, 5.41) is 3.47. The lowest BCUT2D eigenvalue weighted by atomic mass is 9.92. The zero-order valence-electron chi connectivity index (χ0n) is 11.6. The first-order valence-corrected chi connectivity index (χ1v) is 8.11. The third kappa shape index (κ3) is 5.84. The summed E-state index contributed by atoms with van der Waals surface area (Å²) in [6.07, 6.45) is 4.79. The maximum atomic E-state index is 11.2. The van der Waals surface area contributed by atoms with E-state index in [1.165, 1.54) is 25.5 Å². The molecule has 0 heterocycles. The molecule has 4 nitrogen and oxygen atoms in total. The summed E-state index contributed by atoms with van der Waals surface area (Å²) in [6.45, 7) is 9.05. The Morgan fingerprint density at radius 2 is 1.94 bits per heavy atom. The van der Waals surface area contributed by atoms with E-state index in [0.29, 0.717) is 18.0 Å². The van der Waals surface area contributed by atoms with E-state index in [2.05, 4.69) is 23.9 Å². The van der Waals surface area contributed by atoms with Gasteiger partial charge >= 0.3 is 0 Å². The van der Waals surface area contributed by atoms with Gasteiger partial charge in [-0.2, -0.15) is 0 Å². The van der Waals surface area contributed by atoms with Crippen LogP contribution in [0.25, 0.3) is 0 Å². The van der Waals surface area contributed by atoms with Crippen molar-refractivity contribution in [2.24, 2.45) is 5.41 Å². The number of hydrogen-bond donors (Lipinski definition) is 2. The van der Waals surface area contributed by atoms with E-state index in [4.69, 9.17) is 0 Å². The molecule has 1 unspecified atom stereocenters. The van der Waals surface area contributed by atoms with E-state index in [0.717, 1.165) is 0 Å². The van der Waals surface area contributed by atoms with E-state index >= 15 is 0 Å². The maximum Gasteiger partial charge on any atom is 0.209 e. The molecular formula is C12H26N2O2S. The summed E-state index contributed by atoms with van der Waals surface area (Å²) in [5.74, 6) is 0. The van der Waals surface area contributed by atoms with Gasteiger partial charge < -0.3 is 5.32 Å². The Morgan fingerprint density at radius 1 is 1.35 bits per heavy atom. The third-order valence-electron chi connectivity index (χ3n) is 3.26. The molecule has 0 amide bonds. The highest BCUT2D eigenvalue weighted by Crippen LogP contribution is 2.36. The highest BCUT2D eigenvalue weighted by molar-refractivity contribution is 7.88. The number of nitrogens with one attached hydrogen (secondary N) is 2. The second-order valence-corrected chi connectivity index (χ2v) is 8.49. The lowest BCUT2D eigenvalue weighted by Crippen LogP contribution is -2.51.